The molecule has 0 N–H and O–H groups in total. The van der Waals surface area contributed by atoms with Crippen LogP contribution in [-0.2, 0) is 16.1 Å². The van der Waals surface area contributed by atoms with Crippen LogP contribution in [0.1, 0.15) is 15.4 Å². The van der Waals surface area contributed by atoms with Gasteiger partial charge in [0, 0.05) is 27.5 Å². The molecular formula is C18H15NO3S. The Morgan fingerprint density at radius 2 is 2.09 bits per heavy atom. The number of aromatic nitrogens is 1. The molecule has 116 valence electrons. The summed E-state index contributed by atoms with van der Waals surface area (Å²) in [5.74, 6) is 0.251. The maximum atomic E-state index is 11.7. The quantitative estimate of drug-likeness (QED) is 0.513. The van der Waals surface area contributed by atoms with Crippen molar-refractivity contribution in [2.24, 2.45) is 0 Å². The maximum Gasteiger partial charge on any atom is 0.331 e. The lowest BCUT2D eigenvalue weighted by atomic mass is 10.2. The molecule has 0 radical (unpaired) electrons. The molecule has 1 aromatic carbocycles. The fourth-order valence-electron chi connectivity index (χ4n) is 2.00. The standard InChI is InChI=1S/C18H15NO3S/c1-13-7-8-16(23-13)9-10-18(20)21-12-15-11-17(22-19-15)14-5-3-2-4-6-14/h2-11H,12H2,1H3/b10-9+. The summed E-state index contributed by atoms with van der Waals surface area (Å²) in [6, 6.07) is 15.4. The number of ether oxygens (including phenoxy) is 1. The molecule has 3 rings (SSSR count). The summed E-state index contributed by atoms with van der Waals surface area (Å²) in [6.07, 6.45) is 3.17. The van der Waals surface area contributed by atoms with Gasteiger partial charge >= 0.3 is 5.97 Å². The molecule has 0 aliphatic heterocycles. The average Bonchev–Trinajstić information content (AvgIpc) is 3.21. The van der Waals surface area contributed by atoms with Crippen molar-refractivity contribution in [2.75, 3.05) is 0 Å². The lowest BCUT2D eigenvalue weighted by Gasteiger charge is -1.96. The first-order valence-electron chi connectivity index (χ1n) is 7.13. The van der Waals surface area contributed by atoms with Gasteiger partial charge < -0.3 is 9.26 Å². The first-order chi connectivity index (χ1) is 11.2. The molecule has 0 unspecified atom stereocenters. The first kappa shape index (κ1) is 15.2. The molecule has 0 fully saturated rings. The van der Waals surface area contributed by atoms with Crippen LogP contribution in [0.15, 0.2) is 59.1 Å². The van der Waals surface area contributed by atoms with Crippen LogP contribution in [0.4, 0.5) is 0 Å². The monoisotopic (exact) mass is 325 g/mol. The molecule has 0 atom stereocenters. The minimum absolute atomic E-state index is 0.0863. The number of benzene rings is 1. The molecular weight excluding hydrogens is 310 g/mol. The third kappa shape index (κ3) is 4.17. The minimum atomic E-state index is -0.402. The van der Waals surface area contributed by atoms with Gasteiger partial charge in [-0.05, 0) is 25.1 Å². The minimum Gasteiger partial charge on any atom is -0.456 e. The molecule has 0 saturated carbocycles. The highest BCUT2D eigenvalue weighted by molar-refractivity contribution is 7.12. The van der Waals surface area contributed by atoms with Crippen LogP contribution in [0, 0.1) is 6.92 Å². The first-order valence-corrected chi connectivity index (χ1v) is 7.94. The molecule has 0 aliphatic rings. The summed E-state index contributed by atoms with van der Waals surface area (Å²) < 4.78 is 10.4. The number of aryl methyl sites for hydroxylation is 1. The highest BCUT2D eigenvalue weighted by Gasteiger charge is 2.08. The van der Waals surface area contributed by atoms with Gasteiger partial charge in [0.1, 0.15) is 12.3 Å². The van der Waals surface area contributed by atoms with E-state index in [9.17, 15) is 4.79 Å². The second-order valence-corrected chi connectivity index (χ2v) is 6.26. The zero-order valence-electron chi connectivity index (χ0n) is 12.6. The summed E-state index contributed by atoms with van der Waals surface area (Å²) in [7, 11) is 0. The van der Waals surface area contributed by atoms with E-state index in [1.165, 1.54) is 11.0 Å². The summed E-state index contributed by atoms with van der Waals surface area (Å²) in [5, 5.41) is 3.91. The van der Waals surface area contributed by atoms with Crippen LogP contribution >= 0.6 is 11.3 Å². The van der Waals surface area contributed by atoms with Gasteiger partial charge in [-0.3, -0.25) is 0 Å². The summed E-state index contributed by atoms with van der Waals surface area (Å²) in [6.45, 7) is 2.11. The summed E-state index contributed by atoms with van der Waals surface area (Å²) >= 11 is 1.62. The van der Waals surface area contributed by atoms with Crippen molar-refractivity contribution in [2.45, 2.75) is 13.5 Å². The van der Waals surface area contributed by atoms with Gasteiger partial charge in [0.05, 0.1) is 0 Å². The van der Waals surface area contributed by atoms with E-state index < -0.39 is 5.97 Å². The van der Waals surface area contributed by atoms with E-state index in [1.54, 1.807) is 23.5 Å². The van der Waals surface area contributed by atoms with Crippen molar-refractivity contribution in [3.05, 3.63) is 70.1 Å². The molecule has 0 bridgehead atoms. The predicted octanol–water partition coefficient (Wildman–Crippen LogP) is 4.47. The number of nitrogens with zero attached hydrogens (tertiary/aromatic N) is 1. The van der Waals surface area contributed by atoms with Gasteiger partial charge in [0.15, 0.2) is 5.76 Å². The topological polar surface area (TPSA) is 52.3 Å². The predicted molar refractivity (Wildman–Crippen MR) is 89.8 cm³/mol. The third-order valence-electron chi connectivity index (χ3n) is 3.12. The van der Waals surface area contributed by atoms with Gasteiger partial charge in [-0.1, -0.05) is 35.5 Å². The van der Waals surface area contributed by atoms with Gasteiger partial charge in [0.25, 0.3) is 0 Å². The Morgan fingerprint density at radius 3 is 2.83 bits per heavy atom. The molecule has 23 heavy (non-hydrogen) atoms. The molecule has 2 aromatic heterocycles. The average molecular weight is 325 g/mol. The van der Waals surface area contributed by atoms with Crippen molar-refractivity contribution in [1.29, 1.82) is 0 Å². The molecule has 3 aromatic rings. The van der Waals surface area contributed by atoms with Crippen LogP contribution in [0.3, 0.4) is 0 Å². The Kier molecular flexibility index (Phi) is 4.68. The Labute approximate surface area is 138 Å². The van der Waals surface area contributed by atoms with Crippen LogP contribution in [0.25, 0.3) is 17.4 Å². The number of carbonyl (C=O) groups is 1. The molecule has 0 aliphatic carbocycles. The van der Waals surface area contributed by atoms with Crippen LogP contribution in [0.2, 0.25) is 0 Å². The van der Waals surface area contributed by atoms with Crippen LogP contribution < -0.4 is 0 Å². The van der Waals surface area contributed by atoms with Crippen LogP contribution in [-0.4, -0.2) is 11.1 Å². The Morgan fingerprint density at radius 1 is 1.26 bits per heavy atom. The van der Waals surface area contributed by atoms with E-state index >= 15 is 0 Å². The fourth-order valence-corrected chi connectivity index (χ4v) is 2.78. The Bertz CT molecular complexity index is 818. The number of carbonyl (C=O) groups excluding carboxylic acids is 1. The van der Waals surface area contributed by atoms with Crippen molar-refractivity contribution in [3.8, 4) is 11.3 Å². The lowest BCUT2D eigenvalue weighted by Crippen LogP contribution is -2.00. The van der Waals surface area contributed by atoms with Gasteiger partial charge in [-0.15, -0.1) is 11.3 Å². The Balaban J connectivity index is 1.55. The van der Waals surface area contributed by atoms with Crippen molar-refractivity contribution in [3.63, 3.8) is 0 Å². The number of thiophene rings is 1. The largest absolute Gasteiger partial charge is 0.456 e. The zero-order chi connectivity index (χ0) is 16.1. The van der Waals surface area contributed by atoms with Crippen molar-refractivity contribution < 1.29 is 14.1 Å². The SMILES string of the molecule is Cc1ccc(/C=C/C(=O)OCc2cc(-c3ccccc3)on2)s1. The van der Waals surface area contributed by atoms with E-state index in [1.807, 2.05) is 49.4 Å². The molecule has 2 heterocycles. The van der Waals surface area contributed by atoms with E-state index in [4.69, 9.17) is 9.26 Å². The number of esters is 1. The Hall–Kier alpha value is -2.66. The molecule has 5 heteroatoms. The van der Waals surface area contributed by atoms with Crippen LogP contribution in [0.5, 0.6) is 0 Å². The second kappa shape index (κ2) is 7.07. The fraction of sp³-hybridized carbons (Fsp3) is 0.111. The maximum absolute atomic E-state index is 11.7. The molecule has 0 amide bonds. The van der Waals surface area contributed by atoms with Gasteiger partial charge in [-0.25, -0.2) is 4.79 Å². The van der Waals surface area contributed by atoms with E-state index in [0.29, 0.717) is 11.5 Å². The van der Waals surface area contributed by atoms with Crippen molar-refractivity contribution in [1.82, 2.24) is 5.16 Å². The smallest absolute Gasteiger partial charge is 0.331 e. The molecule has 0 spiro atoms. The highest BCUT2D eigenvalue weighted by atomic mass is 32.1. The van der Waals surface area contributed by atoms with Gasteiger partial charge in [-0.2, -0.15) is 0 Å². The van der Waals surface area contributed by atoms with E-state index in [-0.39, 0.29) is 6.61 Å². The van der Waals surface area contributed by atoms with E-state index in [0.717, 1.165) is 10.4 Å². The lowest BCUT2D eigenvalue weighted by molar-refractivity contribution is -0.139. The zero-order valence-corrected chi connectivity index (χ0v) is 13.4. The molecule has 4 nitrogen and oxygen atoms in total. The summed E-state index contributed by atoms with van der Waals surface area (Å²) in [4.78, 5) is 13.9. The van der Waals surface area contributed by atoms with Crippen molar-refractivity contribution >= 4 is 23.4 Å². The highest BCUT2D eigenvalue weighted by Crippen LogP contribution is 2.20. The van der Waals surface area contributed by atoms with Gasteiger partial charge in [0.2, 0.25) is 0 Å². The van der Waals surface area contributed by atoms with E-state index in [2.05, 4.69) is 5.16 Å². The number of rotatable bonds is 5. The third-order valence-corrected chi connectivity index (χ3v) is 4.09. The summed E-state index contributed by atoms with van der Waals surface area (Å²) in [5.41, 5.74) is 1.52. The molecule has 0 saturated heterocycles. The number of hydrogen-bond acceptors (Lipinski definition) is 5. The second-order valence-electron chi connectivity index (χ2n) is 4.94. The number of hydrogen-bond donors (Lipinski definition) is 0. The normalized spacial score (nSPS) is 11.0.